The summed E-state index contributed by atoms with van der Waals surface area (Å²) in [6, 6.07) is -0.780. The number of imide groups is 1. The van der Waals surface area contributed by atoms with E-state index in [9.17, 15) is 29.3 Å². The molecule has 148 valence electrons. The van der Waals surface area contributed by atoms with Crippen molar-refractivity contribution in [1.82, 2.24) is 15.1 Å². The first-order valence-electron chi connectivity index (χ1n) is 9.38. The monoisotopic (exact) mass is 381 g/mol. The summed E-state index contributed by atoms with van der Waals surface area (Å²) in [5, 5.41) is 31.9. The molecule has 5 unspecified atom stereocenters. The van der Waals surface area contributed by atoms with Crippen LogP contribution in [0.3, 0.4) is 0 Å². The Hall–Kier alpha value is -1.81. The number of aliphatic hydroxyl groups is 3. The molecule has 3 fully saturated rings. The van der Waals surface area contributed by atoms with Crippen molar-refractivity contribution < 1.29 is 29.3 Å². The number of fused-ring (bicyclic) bond motifs is 1. The molecule has 4 N–H and O–H groups in total. The van der Waals surface area contributed by atoms with Crippen LogP contribution in [0, 0.1) is 11.8 Å². The Labute approximate surface area is 155 Å². The maximum atomic E-state index is 14.7. The number of rotatable bonds is 2. The first-order valence-corrected chi connectivity index (χ1v) is 9.38. The zero-order valence-corrected chi connectivity index (χ0v) is 14.8. The number of nitrogens with zero attached hydrogens (tertiary/aromatic N) is 2. The lowest BCUT2D eigenvalue weighted by Gasteiger charge is -2.36. The normalized spacial score (nSPS) is 38.0. The average Bonchev–Trinajstić information content (AvgIpc) is 2.86. The first kappa shape index (κ1) is 18.5. The number of piperidine rings is 2. The van der Waals surface area contributed by atoms with E-state index in [0.29, 0.717) is 38.0 Å². The molecule has 0 aromatic rings. The lowest BCUT2D eigenvalue weighted by atomic mass is 9.88. The van der Waals surface area contributed by atoms with Crippen molar-refractivity contribution in [2.45, 2.75) is 50.3 Å². The summed E-state index contributed by atoms with van der Waals surface area (Å²) >= 11 is 0. The highest BCUT2D eigenvalue weighted by molar-refractivity contribution is 6.07. The van der Waals surface area contributed by atoms with Crippen LogP contribution in [-0.4, -0.2) is 74.6 Å². The van der Waals surface area contributed by atoms with Crippen LogP contribution < -0.4 is 5.32 Å². The number of allylic oxidation sites excluding steroid dienone is 1. The van der Waals surface area contributed by atoms with Gasteiger partial charge in [0.2, 0.25) is 11.8 Å². The number of halogens is 1. The smallest absolute Gasteiger partial charge is 0.237 e. The van der Waals surface area contributed by atoms with Gasteiger partial charge in [0.1, 0.15) is 18.3 Å². The summed E-state index contributed by atoms with van der Waals surface area (Å²) in [6.45, 7) is 0.974. The molecule has 3 heterocycles. The van der Waals surface area contributed by atoms with Gasteiger partial charge in [-0.2, -0.15) is 0 Å². The molecule has 0 aromatic heterocycles. The quantitative estimate of drug-likeness (QED) is 0.463. The van der Waals surface area contributed by atoms with Gasteiger partial charge < -0.3 is 20.2 Å². The Balaban J connectivity index is 1.57. The minimum atomic E-state index is -1.22. The minimum Gasteiger partial charge on any atom is -0.393 e. The van der Waals surface area contributed by atoms with Crippen LogP contribution in [0.2, 0.25) is 0 Å². The molecule has 8 nitrogen and oxygen atoms in total. The van der Waals surface area contributed by atoms with Crippen LogP contribution in [0.1, 0.15) is 25.7 Å². The van der Waals surface area contributed by atoms with Crippen LogP contribution in [0.15, 0.2) is 23.7 Å². The highest BCUT2D eigenvalue weighted by Crippen LogP contribution is 2.39. The molecule has 3 saturated heterocycles. The largest absolute Gasteiger partial charge is 0.393 e. The molecule has 0 spiro atoms. The fourth-order valence-electron chi connectivity index (χ4n) is 4.42. The van der Waals surface area contributed by atoms with Gasteiger partial charge in [-0.05, 0) is 37.8 Å². The first-order chi connectivity index (χ1) is 12.9. The van der Waals surface area contributed by atoms with E-state index < -0.39 is 54.1 Å². The van der Waals surface area contributed by atoms with Gasteiger partial charge in [0.15, 0.2) is 0 Å². The van der Waals surface area contributed by atoms with Crippen molar-refractivity contribution in [3.05, 3.63) is 23.7 Å². The number of amides is 2. The van der Waals surface area contributed by atoms with Crippen LogP contribution in [-0.2, 0) is 9.59 Å². The number of carbonyl (C=O) groups excluding carboxylic acids is 2. The van der Waals surface area contributed by atoms with Crippen molar-refractivity contribution in [1.29, 1.82) is 0 Å². The average molecular weight is 381 g/mol. The van der Waals surface area contributed by atoms with E-state index in [0.717, 1.165) is 4.90 Å². The van der Waals surface area contributed by atoms with Gasteiger partial charge in [-0.3, -0.25) is 19.8 Å². The number of likely N-dealkylation sites (tertiary alicyclic amines) is 2. The van der Waals surface area contributed by atoms with Crippen LogP contribution in [0.4, 0.5) is 4.39 Å². The molecule has 0 aromatic carbocycles. The molecule has 2 amide bonds. The van der Waals surface area contributed by atoms with Gasteiger partial charge in [-0.25, -0.2) is 4.39 Å². The Morgan fingerprint density at radius 3 is 2.22 bits per heavy atom. The third-order valence-corrected chi connectivity index (χ3v) is 5.94. The van der Waals surface area contributed by atoms with Gasteiger partial charge in [0.25, 0.3) is 0 Å². The molecule has 9 heteroatoms. The van der Waals surface area contributed by atoms with Crippen LogP contribution in [0.25, 0.3) is 0 Å². The van der Waals surface area contributed by atoms with Crippen LogP contribution >= 0.6 is 0 Å². The van der Waals surface area contributed by atoms with E-state index in [2.05, 4.69) is 5.32 Å². The Kier molecular flexibility index (Phi) is 4.79. The summed E-state index contributed by atoms with van der Waals surface area (Å²) in [6.07, 6.45) is 1.84. The Morgan fingerprint density at radius 1 is 0.963 bits per heavy atom. The predicted octanol–water partition coefficient (Wildman–Crippen LogP) is -0.816. The van der Waals surface area contributed by atoms with Gasteiger partial charge in [0.05, 0.1) is 29.7 Å². The summed E-state index contributed by atoms with van der Waals surface area (Å²) in [7, 11) is 0. The molecule has 1 aliphatic carbocycles. The highest BCUT2D eigenvalue weighted by Gasteiger charge is 2.52. The second-order valence-electron chi connectivity index (χ2n) is 7.65. The molecule has 5 atom stereocenters. The molecule has 0 saturated carbocycles. The number of aliphatic hydroxyl groups excluding tert-OH is 3. The fraction of sp³-hybridized carbons (Fsp3) is 0.667. The molecule has 3 aliphatic heterocycles. The van der Waals surface area contributed by atoms with E-state index >= 15 is 0 Å². The highest BCUT2D eigenvalue weighted by atomic mass is 19.1. The fourth-order valence-corrected chi connectivity index (χ4v) is 4.42. The van der Waals surface area contributed by atoms with E-state index in [-0.39, 0.29) is 6.42 Å². The van der Waals surface area contributed by atoms with Gasteiger partial charge >= 0.3 is 0 Å². The molecule has 4 aliphatic rings. The standard InChI is InChI=1S/C18H24FN3O5/c19-12-7-10-11(8-14(12)21-5-3-9(23)4-6-21)18(27)22(17(10)26)13-1-2-15(24)20-16(13)25/h7-11,13,15-16,20,23-25H,1-6H2. The summed E-state index contributed by atoms with van der Waals surface area (Å²) < 4.78 is 14.7. The minimum absolute atomic E-state index is 0.277. The van der Waals surface area contributed by atoms with Gasteiger partial charge in [0, 0.05) is 13.1 Å². The van der Waals surface area contributed by atoms with Crippen molar-refractivity contribution in [3.63, 3.8) is 0 Å². The zero-order chi connectivity index (χ0) is 19.3. The molecular weight excluding hydrogens is 357 g/mol. The predicted molar refractivity (Wildman–Crippen MR) is 91.1 cm³/mol. The molecule has 0 radical (unpaired) electrons. The van der Waals surface area contributed by atoms with E-state index in [1.165, 1.54) is 12.2 Å². The zero-order valence-electron chi connectivity index (χ0n) is 14.8. The maximum absolute atomic E-state index is 14.7. The number of hydrogen-bond acceptors (Lipinski definition) is 7. The molecule has 0 bridgehead atoms. The molecular formula is C18H24FN3O5. The maximum Gasteiger partial charge on any atom is 0.237 e. The van der Waals surface area contributed by atoms with E-state index in [1.54, 1.807) is 4.90 Å². The molecule has 27 heavy (non-hydrogen) atoms. The van der Waals surface area contributed by atoms with Gasteiger partial charge in [-0.1, -0.05) is 0 Å². The third-order valence-electron chi connectivity index (χ3n) is 5.94. The summed E-state index contributed by atoms with van der Waals surface area (Å²) in [5.41, 5.74) is 0.295. The van der Waals surface area contributed by atoms with E-state index in [4.69, 9.17) is 0 Å². The topological polar surface area (TPSA) is 113 Å². The number of nitrogens with one attached hydrogen (secondary N) is 1. The molecule has 4 rings (SSSR count). The van der Waals surface area contributed by atoms with Crippen molar-refractivity contribution in [3.8, 4) is 0 Å². The van der Waals surface area contributed by atoms with E-state index in [1.807, 2.05) is 0 Å². The number of hydrogen-bond donors (Lipinski definition) is 4. The lowest BCUT2D eigenvalue weighted by Crippen LogP contribution is -2.58. The number of carbonyl (C=O) groups is 2. The van der Waals surface area contributed by atoms with Gasteiger partial charge in [-0.15, -0.1) is 0 Å². The van der Waals surface area contributed by atoms with Crippen molar-refractivity contribution in [2.75, 3.05) is 13.1 Å². The summed E-state index contributed by atoms with van der Waals surface area (Å²) in [4.78, 5) is 28.5. The van der Waals surface area contributed by atoms with Crippen molar-refractivity contribution in [2.24, 2.45) is 11.8 Å². The third kappa shape index (κ3) is 3.18. The Bertz CT molecular complexity index is 703. The van der Waals surface area contributed by atoms with Crippen molar-refractivity contribution >= 4 is 11.8 Å². The SMILES string of the molecule is O=C1C2C=C(F)C(N3CCC(O)CC3)=CC2C(=O)N1C1CCC(O)NC1O. The second-order valence-corrected chi connectivity index (χ2v) is 7.65. The summed E-state index contributed by atoms with van der Waals surface area (Å²) in [5.74, 6) is -3.21. The lowest BCUT2D eigenvalue weighted by molar-refractivity contribution is -0.149. The second kappa shape index (κ2) is 6.97. The Morgan fingerprint density at radius 2 is 1.59 bits per heavy atom. The van der Waals surface area contributed by atoms with Crippen LogP contribution in [0.5, 0.6) is 0 Å².